The first-order valence-electron chi connectivity index (χ1n) is 9.90. The summed E-state index contributed by atoms with van der Waals surface area (Å²) in [6.07, 6.45) is 0. The molecule has 0 unspecified atom stereocenters. The second-order valence-electron chi connectivity index (χ2n) is 6.74. The monoisotopic (exact) mass is 472 g/mol. The van der Waals surface area contributed by atoms with E-state index in [-0.39, 0.29) is 27.6 Å². The van der Waals surface area contributed by atoms with Crippen molar-refractivity contribution in [3.63, 3.8) is 0 Å². The van der Waals surface area contributed by atoms with Crippen LogP contribution in [0.5, 0.6) is 23.0 Å². The maximum absolute atomic E-state index is 12.9. The topological polar surface area (TPSA) is 123 Å². The van der Waals surface area contributed by atoms with Crippen LogP contribution in [0.15, 0.2) is 65.6 Å². The smallest absolute Gasteiger partial charge is 0.262 e. The van der Waals surface area contributed by atoms with Crippen molar-refractivity contribution in [3.05, 3.63) is 66.2 Å². The van der Waals surface area contributed by atoms with Gasteiger partial charge in [0.1, 0.15) is 11.5 Å². The van der Waals surface area contributed by atoms with Crippen molar-refractivity contribution in [2.24, 2.45) is 0 Å². The van der Waals surface area contributed by atoms with Gasteiger partial charge in [-0.15, -0.1) is 0 Å². The summed E-state index contributed by atoms with van der Waals surface area (Å²) >= 11 is 0. The number of para-hydroxylation sites is 2. The van der Waals surface area contributed by atoms with E-state index in [4.69, 9.17) is 14.2 Å². The highest BCUT2D eigenvalue weighted by atomic mass is 32.2. The predicted octanol–water partition coefficient (Wildman–Crippen LogP) is 3.86. The number of carbonyl (C=O) groups excluding carboxylic acids is 1. The van der Waals surface area contributed by atoms with E-state index >= 15 is 0 Å². The van der Waals surface area contributed by atoms with Gasteiger partial charge in [-0.3, -0.25) is 9.52 Å². The van der Waals surface area contributed by atoms with Gasteiger partial charge in [-0.2, -0.15) is 0 Å². The number of carbonyl (C=O) groups is 1. The van der Waals surface area contributed by atoms with Crippen molar-refractivity contribution in [2.75, 3.05) is 30.9 Å². The number of phenols is 1. The van der Waals surface area contributed by atoms with Gasteiger partial charge in [0.2, 0.25) is 0 Å². The standard InChI is InChI=1S/C23H24N2O7S/c1-4-32-22-13-15(9-12-21(22)31-3)23(27)24-18-14-16(10-11-19(18)26)33(28,29)25-17-7-5-6-8-20(17)30-2/h5-14,25-26H,4H2,1-3H3,(H,24,27). The van der Waals surface area contributed by atoms with Crippen LogP contribution in [0.4, 0.5) is 11.4 Å². The Morgan fingerprint density at radius 3 is 2.33 bits per heavy atom. The van der Waals surface area contributed by atoms with Crippen LogP contribution < -0.4 is 24.2 Å². The van der Waals surface area contributed by atoms with Gasteiger partial charge < -0.3 is 24.6 Å². The second-order valence-corrected chi connectivity index (χ2v) is 8.42. The molecular formula is C23H24N2O7S. The number of hydrogen-bond acceptors (Lipinski definition) is 7. The molecule has 0 saturated carbocycles. The van der Waals surface area contributed by atoms with Gasteiger partial charge in [-0.1, -0.05) is 12.1 Å². The minimum absolute atomic E-state index is 0.0725. The van der Waals surface area contributed by atoms with Gasteiger partial charge >= 0.3 is 0 Å². The van der Waals surface area contributed by atoms with E-state index < -0.39 is 15.9 Å². The molecule has 0 aromatic heterocycles. The number of methoxy groups -OCH3 is 2. The van der Waals surface area contributed by atoms with Gasteiger partial charge in [0.25, 0.3) is 15.9 Å². The molecule has 33 heavy (non-hydrogen) atoms. The highest BCUT2D eigenvalue weighted by molar-refractivity contribution is 7.92. The quantitative estimate of drug-likeness (QED) is 0.404. The van der Waals surface area contributed by atoms with Crippen LogP contribution in [0.3, 0.4) is 0 Å². The van der Waals surface area contributed by atoms with Gasteiger partial charge in [0.15, 0.2) is 11.5 Å². The van der Waals surface area contributed by atoms with Crippen LogP contribution in [-0.2, 0) is 10.0 Å². The summed E-state index contributed by atoms with van der Waals surface area (Å²) in [6, 6.07) is 14.7. The van der Waals surface area contributed by atoms with Gasteiger partial charge in [0, 0.05) is 5.56 Å². The molecule has 9 nitrogen and oxygen atoms in total. The largest absolute Gasteiger partial charge is 0.506 e. The molecule has 10 heteroatoms. The van der Waals surface area contributed by atoms with E-state index in [1.54, 1.807) is 37.3 Å². The van der Waals surface area contributed by atoms with Crippen molar-refractivity contribution in [1.29, 1.82) is 0 Å². The molecule has 0 radical (unpaired) electrons. The van der Waals surface area contributed by atoms with Crippen molar-refractivity contribution >= 4 is 27.3 Å². The molecular weight excluding hydrogens is 448 g/mol. The number of nitrogens with one attached hydrogen (secondary N) is 2. The van der Waals surface area contributed by atoms with Crippen molar-refractivity contribution in [1.82, 2.24) is 0 Å². The predicted molar refractivity (Wildman–Crippen MR) is 124 cm³/mol. The zero-order chi connectivity index (χ0) is 24.0. The number of hydrogen-bond donors (Lipinski definition) is 3. The molecule has 0 atom stereocenters. The SMILES string of the molecule is CCOc1cc(C(=O)Nc2cc(S(=O)(=O)Nc3ccccc3OC)ccc2O)ccc1OC. The number of sulfonamides is 1. The maximum Gasteiger partial charge on any atom is 0.262 e. The number of anilines is 2. The van der Waals surface area contributed by atoms with Crippen LogP contribution in [0.1, 0.15) is 17.3 Å². The average Bonchev–Trinajstić information content (AvgIpc) is 2.80. The summed E-state index contributed by atoms with van der Waals surface area (Å²) in [5, 5.41) is 12.7. The Bertz CT molecular complexity index is 1260. The first-order chi connectivity index (χ1) is 15.8. The number of rotatable bonds is 9. The second kappa shape index (κ2) is 10.1. The fraction of sp³-hybridized carbons (Fsp3) is 0.174. The van der Waals surface area contributed by atoms with E-state index in [1.807, 2.05) is 0 Å². The van der Waals surface area contributed by atoms with Gasteiger partial charge in [-0.05, 0) is 55.5 Å². The summed E-state index contributed by atoms with van der Waals surface area (Å²) in [7, 11) is -1.12. The Labute approximate surface area is 192 Å². The highest BCUT2D eigenvalue weighted by Gasteiger charge is 2.20. The lowest BCUT2D eigenvalue weighted by Crippen LogP contribution is -2.16. The number of amides is 1. The zero-order valence-corrected chi connectivity index (χ0v) is 19.1. The molecule has 0 fully saturated rings. The van der Waals surface area contributed by atoms with Crippen molar-refractivity contribution in [2.45, 2.75) is 11.8 Å². The molecule has 0 saturated heterocycles. The van der Waals surface area contributed by atoms with E-state index in [1.165, 1.54) is 38.5 Å². The Hall–Kier alpha value is -3.92. The molecule has 3 aromatic rings. The summed E-state index contributed by atoms with van der Waals surface area (Å²) < 4.78 is 44.1. The maximum atomic E-state index is 12.9. The molecule has 0 bridgehead atoms. The molecule has 0 heterocycles. The van der Waals surface area contributed by atoms with E-state index in [0.717, 1.165) is 6.07 Å². The number of aromatic hydroxyl groups is 1. The first-order valence-corrected chi connectivity index (χ1v) is 11.4. The van der Waals surface area contributed by atoms with E-state index in [0.29, 0.717) is 23.9 Å². The third-order valence-electron chi connectivity index (χ3n) is 4.60. The zero-order valence-electron chi connectivity index (χ0n) is 18.3. The van der Waals surface area contributed by atoms with Crippen LogP contribution in [0, 0.1) is 0 Å². The van der Waals surface area contributed by atoms with Gasteiger partial charge in [-0.25, -0.2) is 8.42 Å². The van der Waals surface area contributed by atoms with Crippen LogP contribution in [-0.4, -0.2) is 40.3 Å². The number of phenolic OH excluding ortho intramolecular Hbond substituents is 1. The summed E-state index contributed by atoms with van der Waals surface area (Å²) in [6.45, 7) is 2.18. The fourth-order valence-corrected chi connectivity index (χ4v) is 4.09. The molecule has 0 spiro atoms. The van der Waals surface area contributed by atoms with Crippen LogP contribution in [0.25, 0.3) is 0 Å². The summed E-state index contributed by atoms with van der Waals surface area (Å²) in [4.78, 5) is 12.6. The Morgan fingerprint density at radius 1 is 0.909 bits per heavy atom. The molecule has 3 aromatic carbocycles. The molecule has 3 N–H and O–H groups in total. The minimum atomic E-state index is -4.04. The van der Waals surface area contributed by atoms with E-state index in [2.05, 4.69) is 10.0 Å². The third kappa shape index (κ3) is 5.47. The highest BCUT2D eigenvalue weighted by Crippen LogP contribution is 2.32. The number of benzene rings is 3. The lowest BCUT2D eigenvalue weighted by Gasteiger charge is -2.14. The van der Waals surface area contributed by atoms with Gasteiger partial charge in [0.05, 0.1) is 37.1 Å². The molecule has 1 amide bonds. The molecule has 3 rings (SSSR count). The fourth-order valence-electron chi connectivity index (χ4n) is 3.00. The van der Waals surface area contributed by atoms with Crippen molar-refractivity contribution in [3.8, 4) is 23.0 Å². The molecule has 0 aliphatic heterocycles. The average molecular weight is 473 g/mol. The first kappa shape index (κ1) is 23.7. The summed E-state index contributed by atoms with van der Waals surface area (Å²) in [5.41, 5.74) is 0.413. The molecule has 0 aliphatic rings. The lowest BCUT2D eigenvalue weighted by molar-refractivity contribution is 0.102. The Morgan fingerprint density at radius 2 is 1.64 bits per heavy atom. The van der Waals surface area contributed by atoms with Crippen molar-refractivity contribution < 1.29 is 32.5 Å². The molecule has 0 aliphatic carbocycles. The Kier molecular flexibility index (Phi) is 7.29. The van der Waals surface area contributed by atoms with E-state index in [9.17, 15) is 18.3 Å². The summed E-state index contributed by atoms with van der Waals surface area (Å²) in [5.74, 6) is 0.332. The lowest BCUT2D eigenvalue weighted by atomic mass is 10.1. The number of ether oxygens (including phenoxy) is 3. The van der Waals surface area contributed by atoms with Crippen LogP contribution >= 0.6 is 0 Å². The van der Waals surface area contributed by atoms with Crippen LogP contribution in [0.2, 0.25) is 0 Å². The Balaban J connectivity index is 1.87. The molecule has 174 valence electrons. The minimum Gasteiger partial charge on any atom is -0.506 e. The third-order valence-corrected chi connectivity index (χ3v) is 5.97. The normalized spacial score (nSPS) is 10.9.